The van der Waals surface area contributed by atoms with Crippen LogP contribution in [0.25, 0.3) is 44.7 Å². The van der Waals surface area contributed by atoms with E-state index in [9.17, 15) is 0 Å². The third-order valence-corrected chi connectivity index (χ3v) is 8.75. The topological polar surface area (TPSA) is 12.0 Å². The van der Waals surface area contributed by atoms with E-state index < -0.39 is 0 Å². The van der Waals surface area contributed by atoms with Crippen molar-refractivity contribution < 1.29 is 0 Å². The fraction of sp³-hybridized carbons (Fsp3) is 0.0435. The van der Waals surface area contributed by atoms with E-state index in [0.717, 1.165) is 40.1 Å². The number of allylic oxidation sites excluding steroid dienone is 1. The van der Waals surface area contributed by atoms with Gasteiger partial charge in [-0.1, -0.05) is 164 Å². The van der Waals surface area contributed by atoms with Gasteiger partial charge in [0, 0.05) is 16.9 Å². The largest absolute Gasteiger partial charge is 0.355 e. The van der Waals surface area contributed by atoms with Crippen molar-refractivity contribution >= 4 is 33.8 Å². The minimum atomic E-state index is 0.789. The minimum Gasteiger partial charge on any atom is -0.355 e. The summed E-state index contributed by atoms with van der Waals surface area (Å²) in [4.78, 5) is 0. The number of nitrogens with one attached hydrogen (secondary N) is 1. The first-order valence-corrected chi connectivity index (χ1v) is 16.2. The van der Waals surface area contributed by atoms with E-state index in [0.29, 0.717) is 0 Å². The molecule has 226 valence electrons. The van der Waals surface area contributed by atoms with Crippen molar-refractivity contribution in [3.63, 3.8) is 0 Å². The first-order valence-electron chi connectivity index (χ1n) is 16.2. The van der Waals surface area contributed by atoms with Gasteiger partial charge in [0.15, 0.2) is 0 Å². The highest BCUT2D eigenvalue weighted by Gasteiger charge is 2.16. The van der Waals surface area contributed by atoms with Gasteiger partial charge >= 0.3 is 0 Å². The minimum absolute atomic E-state index is 0.789. The van der Waals surface area contributed by atoms with Crippen molar-refractivity contribution in [2.45, 2.75) is 13.3 Å². The number of para-hydroxylation sites is 1. The molecule has 0 fully saturated rings. The molecule has 0 aliphatic rings. The van der Waals surface area contributed by atoms with Crippen molar-refractivity contribution in [1.82, 2.24) is 0 Å². The monoisotopic (exact) mass is 603 g/mol. The summed E-state index contributed by atoms with van der Waals surface area (Å²) >= 11 is 0. The lowest BCUT2D eigenvalue weighted by Gasteiger charge is -2.20. The number of hydrogen-bond donors (Lipinski definition) is 1. The third-order valence-electron chi connectivity index (χ3n) is 8.75. The van der Waals surface area contributed by atoms with E-state index in [-0.39, 0.29) is 0 Å². The van der Waals surface area contributed by atoms with Crippen LogP contribution in [-0.2, 0) is 6.42 Å². The Morgan fingerprint density at radius 3 is 1.91 bits per heavy atom. The Morgan fingerprint density at radius 2 is 1.19 bits per heavy atom. The highest BCUT2D eigenvalue weighted by Crippen LogP contribution is 2.39. The van der Waals surface area contributed by atoms with E-state index in [2.05, 4.69) is 195 Å². The van der Waals surface area contributed by atoms with Gasteiger partial charge in [0.1, 0.15) is 0 Å². The predicted octanol–water partition coefficient (Wildman–Crippen LogP) is 12.6. The second-order valence-corrected chi connectivity index (χ2v) is 11.9. The molecule has 0 saturated carbocycles. The zero-order valence-electron chi connectivity index (χ0n) is 26.7. The normalized spacial score (nSPS) is 11.2. The standard InChI is InChI=1S/C46H37N/c1-3-16-37-21-10-13-24-42(37)33(2)46-43-25-14-11-22-38(43)27-28-45(46)47-44-26-15-12-23-39(44)29-34-30-40(35-17-6-4-7-18-35)32-41(31-34)36-19-8-5-9-20-36/h3-28,30-32,47H,2,29H2,1H3/b16-3-. The average Bonchev–Trinajstić information content (AvgIpc) is 3.13. The molecule has 0 saturated heterocycles. The summed E-state index contributed by atoms with van der Waals surface area (Å²) in [6, 6.07) is 58.4. The molecule has 7 rings (SSSR count). The highest BCUT2D eigenvalue weighted by atomic mass is 14.9. The van der Waals surface area contributed by atoms with Gasteiger partial charge < -0.3 is 5.32 Å². The highest BCUT2D eigenvalue weighted by molar-refractivity contribution is 6.03. The molecule has 1 heteroatoms. The maximum atomic E-state index is 4.68. The Balaban J connectivity index is 1.30. The summed E-state index contributed by atoms with van der Waals surface area (Å²) in [6.07, 6.45) is 5.03. The Morgan fingerprint density at radius 1 is 0.574 bits per heavy atom. The zero-order chi connectivity index (χ0) is 32.0. The lowest BCUT2D eigenvalue weighted by Crippen LogP contribution is -2.02. The van der Waals surface area contributed by atoms with E-state index in [1.54, 1.807) is 0 Å². The van der Waals surface area contributed by atoms with Crippen LogP contribution in [0, 0.1) is 0 Å². The van der Waals surface area contributed by atoms with Crippen molar-refractivity contribution in [3.8, 4) is 22.3 Å². The predicted molar refractivity (Wildman–Crippen MR) is 203 cm³/mol. The van der Waals surface area contributed by atoms with Crippen molar-refractivity contribution in [1.29, 1.82) is 0 Å². The molecule has 0 aliphatic carbocycles. The van der Waals surface area contributed by atoms with Crippen LogP contribution in [0.5, 0.6) is 0 Å². The molecule has 0 unspecified atom stereocenters. The lowest BCUT2D eigenvalue weighted by molar-refractivity contribution is 1.19. The molecule has 1 N–H and O–H groups in total. The lowest BCUT2D eigenvalue weighted by atomic mass is 9.90. The molecule has 0 aliphatic heterocycles. The molecule has 0 radical (unpaired) electrons. The van der Waals surface area contributed by atoms with Crippen LogP contribution in [0.4, 0.5) is 11.4 Å². The molecule has 1 nitrogen and oxygen atoms in total. The van der Waals surface area contributed by atoms with E-state index in [4.69, 9.17) is 0 Å². The molecule has 0 aromatic heterocycles. The second kappa shape index (κ2) is 13.6. The van der Waals surface area contributed by atoms with Gasteiger partial charge in [0.2, 0.25) is 0 Å². The first kappa shape index (κ1) is 29.8. The van der Waals surface area contributed by atoms with Crippen LogP contribution in [0.2, 0.25) is 0 Å². The Labute approximate surface area is 278 Å². The Hall–Kier alpha value is -5.92. The molecule has 7 aromatic carbocycles. The van der Waals surface area contributed by atoms with Crippen LogP contribution >= 0.6 is 0 Å². The summed E-state index contributed by atoms with van der Waals surface area (Å²) in [6.45, 7) is 6.74. The second-order valence-electron chi connectivity index (χ2n) is 11.9. The smallest absolute Gasteiger partial charge is 0.0470 e. The summed E-state index contributed by atoms with van der Waals surface area (Å²) in [5.74, 6) is 0. The quantitative estimate of drug-likeness (QED) is 0.173. The van der Waals surface area contributed by atoms with Crippen molar-refractivity contribution in [3.05, 3.63) is 204 Å². The van der Waals surface area contributed by atoms with Gasteiger partial charge in [-0.15, -0.1) is 0 Å². The molecule has 0 bridgehead atoms. The van der Waals surface area contributed by atoms with Gasteiger partial charge in [-0.2, -0.15) is 0 Å². The van der Waals surface area contributed by atoms with Crippen molar-refractivity contribution in [2.24, 2.45) is 0 Å². The molecular formula is C46H37N. The van der Waals surface area contributed by atoms with Crippen LogP contribution < -0.4 is 5.32 Å². The fourth-order valence-corrected chi connectivity index (χ4v) is 6.48. The maximum Gasteiger partial charge on any atom is 0.0470 e. The van der Waals surface area contributed by atoms with Gasteiger partial charge in [-0.25, -0.2) is 0 Å². The SMILES string of the molecule is C=C(c1ccccc1/C=C\C)c1c(Nc2ccccc2Cc2cc(-c3ccccc3)cc(-c3ccccc3)c2)ccc2ccccc12. The third kappa shape index (κ3) is 6.43. The number of benzene rings is 7. The Kier molecular flexibility index (Phi) is 8.62. The van der Waals surface area contributed by atoms with Crippen LogP contribution in [0.3, 0.4) is 0 Å². The van der Waals surface area contributed by atoms with Gasteiger partial charge in [0.05, 0.1) is 0 Å². The average molecular weight is 604 g/mol. The first-order chi connectivity index (χ1) is 23.2. The van der Waals surface area contributed by atoms with Gasteiger partial charge in [0.25, 0.3) is 0 Å². The molecule has 0 amide bonds. The molecule has 7 aromatic rings. The Bertz CT molecular complexity index is 2150. The summed E-state index contributed by atoms with van der Waals surface area (Å²) in [5.41, 5.74) is 13.9. The molecule has 0 atom stereocenters. The molecule has 47 heavy (non-hydrogen) atoms. The number of rotatable bonds is 9. The maximum absolute atomic E-state index is 4.68. The van der Waals surface area contributed by atoms with E-state index >= 15 is 0 Å². The molecular weight excluding hydrogens is 567 g/mol. The zero-order valence-corrected chi connectivity index (χ0v) is 26.7. The number of hydrogen-bond acceptors (Lipinski definition) is 1. The molecule has 0 heterocycles. The number of fused-ring (bicyclic) bond motifs is 1. The van der Waals surface area contributed by atoms with Crippen LogP contribution in [-0.4, -0.2) is 0 Å². The van der Waals surface area contributed by atoms with E-state index in [1.165, 1.54) is 44.2 Å². The van der Waals surface area contributed by atoms with Crippen molar-refractivity contribution in [2.75, 3.05) is 5.32 Å². The summed E-state index contributed by atoms with van der Waals surface area (Å²) in [5, 5.41) is 6.24. The van der Waals surface area contributed by atoms with Crippen LogP contribution in [0.15, 0.2) is 176 Å². The molecule has 0 spiro atoms. The van der Waals surface area contributed by atoms with Gasteiger partial charge in [-0.3, -0.25) is 0 Å². The fourth-order valence-electron chi connectivity index (χ4n) is 6.48. The van der Waals surface area contributed by atoms with Gasteiger partial charge in [-0.05, 0) is 92.4 Å². The summed E-state index contributed by atoms with van der Waals surface area (Å²) in [7, 11) is 0. The van der Waals surface area contributed by atoms with E-state index in [1.807, 2.05) is 0 Å². The van der Waals surface area contributed by atoms with Crippen LogP contribution in [0.1, 0.15) is 34.7 Å². The summed E-state index contributed by atoms with van der Waals surface area (Å²) < 4.78 is 0. The number of anilines is 2.